The van der Waals surface area contributed by atoms with Crippen LogP contribution in [0.3, 0.4) is 0 Å². The number of nitrogens with one attached hydrogen (secondary N) is 1. The Morgan fingerprint density at radius 3 is 2.62 bits per heavy atom. The van der Waals surface area contributed by atoms with Gasteiger partial charge in [0.2, 0.25) is 5.91 Å². The lowest BCUT2D eigenvalue weighted by atomic mass is 10.1. The van der Waals surface area contributed by atoms with Crippen LogP contribution in [0.1, 0.15) is 32.4 Å². The molecule has 8 nitrogen and oxygen atoms in total. The highest BCUT2D eigenvalue weighted by molar-refractivity contribution is 7.09. The number of nitrogens with zero attached hydrogens (tertiary/aromatic N) is 4. The lowest BCUT2D eigenvalue weighted by molar-refractivity contribution is -0.115. The fourth-order valence-corrected chi connectivity index (χ4v) is 4.48. The molecule has 0 saturated heterocycles. The Morgan fingerprint density at radius 1 is 1.18 bits per heavy atom. The molecule has 2 amide bonds. The summed E-state index contributed by atoms with van der Waals surface area (Å²) >= 11 is 1.55. The predicted octanol–water partition coefficient (Wildman–Crippen LogP) is 3.94. The van der Waals surface area contributed by atoms with Crippen molar-refractivity contribution in [3.8, 4) is 0 Å². The number of methoxy groups -OCH3 is 1. The summed E-state index contributed by atoms with van der Waals surface area (Å²) < 4.78 is 7.14. The van der Waals surface area contributed by atoms with Gasteiger partial charge in [0.15, 0.2) is 0 Å². The monoisotopic (exact) mass is 477 g/mol. The molecule has 4 rings (SSSR count). The smallest absolute Gasteiger partial charge is 0.256 e. The van der Waals surface area contributed by atoms with Crippen LogP contribution in [-0.4, -0.2) is 45.4 Å². The topological polar surface area (TPSA) is 89.3 Å². The van der Waals surface area contributed by atoms with E-state index in [-0.39, 0.29) is 18.2 Å². The van der Waals surface area contributed by atoms with E-state index in [2.05, 4.69) is 15.3 Å². The SMILES string of the molecule is COCc1nc2cc(NC(=O)Cc3ccccc3)cc(C(=O)N(C)Cc3csc(C)n3)c2n1C. The van der Waals surface area contributed by atoms with Crippen molar-refractivity contribution in [3.05, 3.63) is 75.5 Å². The standard InChI is InChI=1S/C25H27N5O3S/c1-16-26-19(15-34-16)13-29(2)25(32)20-11-18(27-23(31)10-17-8-6-5-7-9-17)12-21-24(20)30(3)22(28-21)14-33-4/h5-9,11-12,15H,10,13-14H2,1-4H3,(H,27,31). The van der Waals surface area contributed by atoms with Crippen molar-refractivity contribution in [2.45, 2.75) is 26.5 Å². The van der Waals surface area contributed by atoms with E-state index in [9.17, 15) is 9.59 Å². The Balaban J connectivity index is 1.67. The molecule has 0 fully saturated rings. The molecule has 176 valence electrons. The molecule has 0 aliphatic carbocycles. The van der Waals surface area contributed by atoms with Crippen LogP contribution in [0.2, 0.25) is 0 Å². The van der Waals surface area contributed by atoms with Crippen molar-refractivity contribution in [3.63, 3.8) is 0 Å². The number of aromatic nitrogens is 3. The molecule has 0 aliphatic heterocycles. The van der Waals surface area contributed by atoms with E-state index in [1.165, 1.54) is 0 Å². The maximum atomic E-state index is 13.5. The van der Waals surface area contributed by atoms with E-state index in [1.807, 2.05) is 54.3 Å². The minimum atomic E-state index is -0.179. The van der Waals surface area contributed by atoms with Gasteiger partial charge in [0.05, 0.1) is 40.3 Å². The number of benzene rings is 2. The normalized spacial score (nSPS) is 11.1. The summed E-state index contributed by atoms with van der Waals surface area (Å²) in [7, 11) is 5.21. The third kappa shape index (κ3) is 5.16. The van der Waals surface area contributed by atoms with Crippen LogP contribution in [0.4, 0.5) is 5.69 Å². The van der Waals surface area contributed by atoms with E-state index in [1.54, 1.807) is 42.5 Å². The highest BCUT2D eigenvalue weighted by atomic mass is 32.1. The molecule has 0 radical (unpaired) electrons. The van der Waals surface area contributed by atoms with Gasteiger partial charge in [0, 0.05) is 32.3 Å². The number of carbonyl (C=O) groups is 2. The molecule has 0 spiro atoms. The number of fused-ring (bicyclic) bond motifs is 1. The molecule has 2 aromatic heterocycles. The summed E-state index contributed by atoms with van der Waals surface area (Å²) in [6.45, 7) is 2.63. The second-order valence-corrected chi connectivity index (χ2v) is 9.20. The number of ether oxygens (including phenoxy) is 1. The van der Waals surface area contributed by atoms with Gasteiger partial charge >= 0.3 is 0 Å². The molecule has 0 atom stereocenters. The maximum absolute atomic E-state index is 13.5. The number of carbonyl (C=O) groups excluding carboxylic acids is 2. The first-order chi connectivity index (χ1) is 16.4. The molecular formula is C25H27N5O3S. The van der Waals surface area contributed by atoms with Gasteiger partial charge < -0.3 is 19.5 Å². The van der Waals surface area contributed by atoms with Crippen LogP contribution < -0.4 is 5.32 Å². The van der Waals surface area contributed by atoms with Crippen molar-refractivity contribution in [2.75, 3.05) is 19.5 Å². The van der Waals surface area contributed by atoms with Gasteiger partial charge in [-0.2, -0.15) is 0 Å². The van der Waals surface area contributed by atoms with Gasteiger partial charge in [-0.15, -0.1) is 11.3 Å². The minimum Gasteiger partial charge on any atom is -0.377 e. The first-order valence-corrected chi connectivity index (χ1v) is 11.7. The number of hydrogen-bond donors (Lipinski definition) is 1. The number of hydrogen-bond acceptors (Lipinski definition) is 6. The van der Waals surface area contributed by atoms with Gasteiger partial charge in [0.1, 0.15) is 12.4 Å². The van der Waals surface area contributed by atoms with Crippen molar-refractivity contribution in [1.29, 1.82) is 0 Å². The Hall–Kier alpha value is -3.56. The number of amides is 2. The summed E-state index contributed by atoms with van der Waals surface area (Å²) in [5, 5.41) is 5.84. The van der Waals surface area contributed by atoms with Gasteiger partial charge in [-0.05, 0) is 24.6 Å². The van der Waals surface area contributed by atoms with E-state index in [4.69, 9.17) is 4.74 Å². The number of thiazole rings is 1. The van der Waals surface area contributed by atoms with E-state index in [0.29, 0.717) is 41.3 Å². The third-order valence-corrected chi connectivity index (χ3v) is 6.29. The molecule has 1 N–H and O–H groups in total. The fraction of sp³-hybridized carbons (Fsp3) is 0.280. The van der Waals surface area contributed by atoms with Crippen LogP contribution in [0.15, 0.2) is 47.8 Å². The number of imidazole rings is 1. The molecule has 9 heteroatoms. The largest absolute Gasteiger partial charge is 0.377 e. The lowest BCUT2D eigenvalue weighted by Gasteiger charge is -2.18. The predicted molar refractivity (Wildman–Crippen MR) is 133 cm³/mol. The van der Waals surface area contributed by atoms with Gasteiger partial charge in [-0.1, -0.05) is 30.3 Å². The lowest BCUT2D eigenvalue weighted by Crippen LogP contribution is -2.27. The van der Waals surface area contributed by atoms with E-state index < -0.39 is 0 Å². The Kier molecular flexibility index (Phi) is 7.04. The summed E-state index contributed by atoms with van der Waals surface area (Å²) in [6, 6.07) is 13.0. The maximum Gasteiger partial charge on any atom is 0.256 e. The Labute approximate surface area is 202 Å². The Bertz CT molecular complexity index is 1330. The molecule has 2 aromatic carbocycles. The van der Waals surface area contributed by atoms with Crippen LogP contribution in [0.5, 0.6) is 0 Å². The number of rotatable bonds is 8. The van der Waals surface area contributed by atoms with Gasteiger partial charge in [-0.3, -0.25) is 9.59 Å². The highest BCUT2D eigenvalue weighted by Gasteiger charge is 2.22. The molecule has 2 heterocycles. The fourth-order valence-electron chi connectivity index (χ4n) is 3.88. The van der Waals surface area contributed by atoms with Crippen LogP contribution in [0.25, 0.3) is 11.0 Å². The molecule has 0 saturated carbocycles. The summed E-state index contributed by atoms with van der Waals surface area (Å²) in [5.74, 6) is 0.349. The quantitative estimate of drug-likeness (QED) is 0.415. The molecule has 4 aromatic rings. The van der Waals surface area contributed by atoms with Crippen LogP contribution in [0, 0.1) is 6.92 Å². The molecule has 0 unspecified atom stereocenters. The molecule has 0 aliphatic rings. The van der Waals surface area contributed by atoms with Crippen molar-refractivity contribution in [1.82, 2.24) is 19.4 Å². The summed E-state index contributed by atoms with van der Waals surface area (Å²) in [5.41, 5.74) is 4.05. The average molecular weight is 478 g/mol. The first-order valence-electron chi connectivity index (χ1n) is 10.8. The molecule has 34 heavy (non-hydrogen) atoms. The second kappa shape index (κ2) is 10.1. The van der Waals surface area contributed by atoms with Crippen molar-refractivity contribution >= 4 is 39.9 Å². The molecule has 0 bridgehead atoms. The summed E-state index contributed by atoms with van der Waals surface area (Å²) in [4.78, 5) is 37.0. The number of anilines is 1. The van der Waals surface area contributed by atoms with E-state index >= 15 is 0 Å². The zero-order valence-electron chi connectivity index (χ0n) is 19.7. The Morgan fingerprint density at radius 2 is 1.94 bits per heavy atom. The van der Waals surface area contributed by atoms with Crippen molar-refractivity contribution < 1.29 is 14.3 Å². The van der Waals surface area contributed by atoms with Crippen LogP contribution in [-0.2, 0) is 36.2 Å². The average Bonchev–Trinajstić information content (AvgIpc) is 3.36. The minimum absolute atomic E-state index is 0.164. The third-order valence-electron chi connectivity index (χ3n) is 5.47. The number of aryl methyl sites for hydroxylation is 2. The second-order valence-electron chi connectivity index (χ2n) is 8.14. The first kappa shape index (κ1) is 23.6. The zero-order chi connectivity index (χ0) is 24.2. The van der Waals surface area contributed by atoms with Gasteiger partial charge in [0.25, 0.3) is 5.91 Å². The van der Waals surface area contributed by atoms with Gasteiger partial charge in [-0.25, -0.2) is 9.97 Å². The zero-order valence-corrected chi connectivity index (χ0v) is 20.5. The van der Waals surface area contributed by atoms with E-state index in [0.717, 1.165) is 16.3 Å². The highest BCUT2D eigenvalue weighted by Crippen LogP contribution is 2.27. The summed E-state index contributed by atoms with van der Waals surface area (Å²) in [6.07, 6.45) is 0.238. The van der Waals surface area contributed by atoms with Crippen LogP contribution >= 0.6 is 11.3 Å². The molecular weight excluding hydrogens is 450 g/mol. The van der Waals surface area contributed by atoms with Crippen molar-refractivity contribution in [2.24, 2.45) is 7.05 Å².